The van der Waals surface area contributed by atoms with Crippen molar-refractivity contribution in [3.63, 3.8) is 0 Å². The molecule has 3 aliphatic rings. The van der Waals surface area contributed by atoms with E-state index in [1.165, 1.54) is 24.0 Å². The Morgan fingerprint density at radius 3 is 2.64 bits per heavy atom. The minimum absolute atomic E-state index is 0.0924. The van der Waals surface area contributed by atoms with Crippen molar-refractivity contribution in [2.75, 3.05) is 19.6 Å². The second kappa shape index (κ2) is 8.21. The summed E-state index contributed by atoms with van der Waals surface area (Å²) in [6, 6.07) is 8.79. The normalized spacial score (nSPS) is 25.6. The van der Waals surface area contributed by atoms with E-state index in [1.807, 2.05) is 6.92 Å². The van der Waals surface area contributed by atoms with E-state index in [2.05, 4.69) is 39.4 Å². The number of carboxylic acids is 1. The van der Waals surface area contributed by atoms with Crippen LogP contribution in [0.25, 0.3) is 0 Å². The summed E-state index contributed by atoms with van der Waals surface area (Å²) in [5.74, 6) is 0.0111. The lowest BCUT2D eigenvalue weighted by molar-refractivity contribution is -0.140. The number of aliphatic carboxylic acids is 1. The molecular weight excluding hydrogens is 354 g/mol. The number of hydrogen-bond donors (Lipinski definition) is 2. The number of fused-ring (bicyclic) bond motifs is 1. The van der Waals surface area contributed by atoms with Crippen LogP contribution in [0.1, 0.15) is 43.7 Å². The SMILES string of the molecule is CC(C(=O)NC1CC(N(CC(=O)O)CC2CC2)C1)N1CCc2ccccc2C1. The number of hydrogen-bond acceptors (Lipinski definition) is 4. The first kappa shape index (κ1) is 19.4. The molecule has 0 saturated heterocycles. The molecule has 1 atom stereocenters. The maximum absolute atomic E-state index is 12.7. The first-order valence-electron chi connectivity index (χ1n) is 10.6. The summed E-state index contributed by atoms with van der Waals surface area (Å²) in [4.78, 5) is 28.2. The summed E-state index contributed by atoms with van der Waals surface area (Å²) in [6.45, 7) is 4.73. The molecule has 1 amide bonds. The third kappa shape index (κ3) is 4.55. The summed E-state index contributed by atoms with van der Waals surface area (Å²) in [5.41, 5.74) is 2.71. The van der Waals surface area contributed by atoms with Crippen LogP contribution in [-0.4, -0.2) is 64.5 Å². The first-order valence-corrected chi connectivity index (χ1v) is 10.6. The van der Waals surface area contributed by atoms with Crippen LogP contribution in [-0.2, 0) is 22.6 Å². The number of benzene rings is 1. The van der Waals surface area contributed by atoms with E-state index in [0.29, 0.717) is 12.0 Å². The third-order valence-electron chi connectivity index (χ3n) is 6.59. The molecule has 28 heavy (non-hydrogen) atoms. The van der Waals surface area contributed by atoms with Crippen molar-refractivity contribution < 1.29 is 14.7 Å². The van der Waals surface area contributed by atoms with Crippen molar-refractivity contribution in [2.45, 2.75) is 63.7 Å². The molecule has 2 aliphatic carbocycles. The van der Waals surface area contributed by atoms with Gasteiger partial charge in [-0.05, 0) is 56.1 Å². The van der Waals surface area contributed by atoms with Crippen LogP contribution in [0, 0.1) is 5.92 Å². The third-order valence-corrected chi connectivity index (χ3v) is 6.59. The van der Waals surface area contributed by atoms with E-state index < -0.39 is 5.97 Å². The van der Waals surface area contributed by atoms with E-state index >= 15 is 0 Å². The highest BCUT2D eigenvalue weighted by Gasteiger charge is 2.38. The van der Waals surface area contributed by atoms with E-state index in [-0.39, 0.29) is 24.5 Å². The lowest BCUT2D eigenvalue weighted by atomic mass is 9.85. The predicted octanol–water partition coefficient (Wildman–Crippen LogP) is 1.88. The van der Waals surface area contributed by atoms with Crippen molar-refractivity contribution in [3.8, 4) is 0 Å². The second-order valence-corrected chi connectivity index (χ2v) is 8.76. The van der Waals surface area contributed by atoms with Gasteiger partial charge in [-0.2, -0.15) is 0 Å². The van der Waals surface area contributed by atoms with Crippen LogP contribution in [0.3, 0.4) is 0 Å². The average molecular weight is 386 g/mol. The van der Waals surface area contributed by atoms with Gasteiger partial charge in [0.2, 0.25) is 5.91 Å². The molecule has 1 aliphatic heterocycles. The standard InChI is InChI=1S/C22H31N3O3/c1-15(24-9-8-17-4-2-3-5-18(17)13-24)22(28)23-19-10-20(11-19)25(14-21(26)27)12-16-6-7-16/h2-5,15-16,19-20H,6-14H2,1H3,(H,23,28)(H,26,27). The Morgan fingerprint density at radius 1 is 1.25 bits per heavy atom. The van der Waals surface area contributed by atoms with Crippen molar-refractivity contribution in [2.24, 2.45) is 5.92 Å². The highest BCUT2D eigenvalue weighted by molar-refractivity contribution is 5.81. The molecule has 152 valence electrons. The summed E-state index contributed by atoms with van der Waals surface area (Å²) < 4.78 is 0. The second-order valence-electron chi connectivity index (χ2n) is 8.76. The molecule has 1 heterocycles. The molecule has 2 saturated carbocycles. The lowest BCUT2D eigenvalue weighted by Crippen LogP contribution is -2.58. The van der Waals surface area contributed by atoms with Gasteiger partial charge in [0.1, 0.15) is 0 Å². The fourth-order valence-corrected chi connectivity index (χ4v) is 4.49. The average Bonchev–Trinajstić information content (AvgIpc) is 3.46. The van der Waals surface area contributed by atoms with Gasteiger partial charge in [-0.3, -0.25) is 19.4 Å². The maximum Gasteiger partial charge on any atom is 0.317 e. The molecule has 2 N–H and O–H groups in total. The van der Waals surface area contributed by atoms with Gasteiger partial charge in [0.05, 0.1) is 12.6 Å². The highest BCUT2D eigenvalue weighted by atomic mass is 16.4. The van der Waals surface area contributed by atoms with Gasteiger partial charge in [0, 0.05) is 31.7 Å². The largest absolute Gasteiger partial charge is 0.480 e. The number of carboxylic acid groups (broad SMARTS) is 1. The van der Waals surface area contributed by atoms with Crippen LogP contribution in [0.4, 0.5) is 0 Å². The fraction of sp³-hybridized carbons (Fsp3) is 0.636. The fourth-order valence-electron chi connectivity index (χ4n) is 4.49. The number of nitrogens with one attached hydrogen (secondary N) is 1. The molecule has 4 rings (SSSR count). The van der Waals surface area contributed by atoms with E-state index in [0.717, 1.165) is 38.9 Å². The topological polar surface area (TPSA) is 72.9 Å². The Kier molecular flexibility index (Phi) is 5.69. The zero-order valence-electron chi connectivity index (χ0n) is 16.6. The molecule has 0 aromatic heterocycles. The van der Waals surface area contributed by atoms with Crippen LogP contribution < -0.4 is 5.32 Å². The number of amides is 1. The van der Waals surface area contributed by atoms with Crippen molar-refractivity contribution >= 4 is 11.9 Å². The molecule has 1 aromatic rings. The van der Waals surface area contributed by atoms with Gasteiger partial charge in [-0.1, -0.05) is 24.3 Å². The van der Waals surface area contributed by atoms with Crippen LogP contribution in [0.2, 0.25) is 0 Å². The van der Waals surface area contributed by atoms with Gasteiger partial charge < -0.3 is 10.4 Å². The van der Waals surface area contributed by atoms with E-state index in [9.17, 15) is 9.59 Å². The summed E-state index contributed by atoms with van der Waals surface area (Å²) in [7, 11) is 0. The quantitative estimate of drug-likeness (QED) is 0.715. The molecule has 0 radical (unpaired) electrons. The number of carbonyl (C=O) groups is 2. The molecule has 2 fully saturated rings. The predicted molar refractivity (Wildman–Crippen MR) is 107 cm³/mol. The van der Waals surface area contributed by atoms with Gasteiger partial charge in [0.25, 0.3) is 0 Å². The Bertz CT molecular complexity index is 727. The number of carbonyl (C=O) groups excluding carboxylic acids is 1. The Hall–Kier alpha value is -1.92. The zero-order valence-corrected chi connectivity index (χ0v) is 16.6. The van der Waals surface area contributed by atoms with Crippen molar-refractivity contribution in [1.82, 2.24) is 15.1 Å². The van der Waals surface area contributed by atoms with Crippen molar-refractivity contribution in [1.29, 1.82) is 0 Å². The minimum Gasteiger partial charge on any atom is -0.480 e. The maximum atomic E-state index is 12.7. The molecular formula is C22H31N3O3. The molecule has 0 spiro atoms. The number of rotatable bonds is 8. The van der Waals surface area contributed by atoms with Crippen molar-refractivity contribution in [3.05, 3.63) is 35.4 Å². The molecule has 6 heteroatoms. The minimum atomic E-state index is -0.757. The lowest BCUT2D eigenvalue weighted by Gasteiger charge is -2.43. The Balaban J connectivity index is 1.25. The monoisotopic (exact) mass is 385 g/mol. The van der Waals surface area contributed by atoms with Gasteiger partial charge in [-0.25, -0.2) is 0 Å². The molecule has 1 aromatic carbocycles. The molecule has 0 bridgehead atoms. The summed E-state index contributed by atoms with van der Waals surface area (Å²) in [5, 5.41) is 12.4. The Morgan fingerprint density at radius 2 is 1.96 bits per heavy atom. The summed E-state index contributed by atoms with van der Waals surface area (Å²) >= 11 is 0. The highest BCUT2D eigenvalue weighted by Crippen LogP contribution is 2.34. The van der Waals surface area contributed by atoms with E-state index in [4.69, 9.17) is 5.11 Å². The Labute approximate surface area is 166 Å². The zero-order chi connectivity index (χ0) is 19.7. The van der Waals surface area contributed by atoms with Crippen LogP contribution >= 0.6 is 0 Å². The van der Waals surface area contributed by atoms with Gasteiger partial charge in [0.15, 0.2) is 0 Å². The summed E-state index contributed by atoms with van der Waals surface area (Å²) in [6.07, 6.45) is 5.16. The first-order chi connectivity index (χ1) is 13.5. The van der Waals surface area contributed by atoms with E-state index in [1.54, 1.807) is 0 Å². The van der Waals surface area contributed by atoms with Gasteiger partial charge in [-0.15, -0.1) is 0 Å². The van der Waals surface area contributed by atoms with Gasteiger partial charge >= 0.3 is 5.97 Å². The molecule has 1 unspecified atom stereocenters. The number of nitrogens with zero attached hydrogens (tertiary/aromatic N) is 2. The molecule has 6 nitrogen and oxygen atoms in total. The smallest absolute Gasteiger partial charge is 0.317 e. The van der Waals surface area contributed by atoms with Crippen LogP contribution in [0.15, 0.2) is 24.3 Å². The van der Waals surface area contributed by atoms with Crippen LogP contribution in [0.5, 0.6) is 0 Å².